The van der Waals surface area contributed by atoms with Crippen molar-refractivity contribution in [3.05, 3.63) is 23.8 Å². The molecule has 35 heavy (non-hydrogen) atoms. The quantitative estimate of drug-likeness (QED) is 0.193. The second kappa shape index (κ2) is 15.9. The summed E-state index contributed by atoms with van der Waals surface area (Å²) >= 11 is 0. The van der Waals surface area contributed by atoms with Crippen LogP contribution in [0.5, 0.6) is 11.5 Å². The molecule has 0 fully saturated rings. The van der Waals surface area contributed by atoms with Crippen LogP contribution in [0.3, 0.4) is 0 Å². The van der Waals surface area contributed by atoms with Gasteiger partial charge in [-0.2, -0.15) is 0 Å². The predicted octanol–water partition coefficient (Wildman–Crippen LogP) is 4.50. The smallest absolute Gasteiger partial charge is 0.321 e. The third-order valence-corrected chi connectivity index (χ3v) is 5.48. The van der Waals surface area contributed by atoms with E-state index >= 15 is 0 Å². The molecule has 2 unspecified atom stereocenters. The van der Waals surface area contributed by atoms with Gasteiger partial charge in [0, 0.05) is 25.7 Å². The van der Waals surface area contributed by atoms with Crippen LogP contribution in [0.2, 0.25) is 0 Å². The van der Waals surface area contributed by atoms with E-state index < -0.39 is 41.9 Å². The van der Waals surface area contributed by atoms with Gasteiger partial charge in [0.1, 0.15) is 6.04 Å². The fourth-order valence-corrected chi connectivity index (χ4v) is 3.66. The van der Waals surface area contributed by atoms with Crippen molar-refractivity contribution < 1.29 is 38.5 Å². The van der Waals surface area contributed by atoms with E-state index in [1.165, 1.54) is 19.1 Å². The highest BCUT2D eigenvalue weighted by atomic mass is 16.6. The molecule has 0 aliphatic rings. The fraction of sp³-hybridized carbons (Fsp3) is 0.615. The molecule has 1 aromatic rings. The maximum atomic E-state index is 12.4. The van der Waals surface area contributed by atoms with Crippen LogP contribution in [0.4, 0.5) is 0 Å². The Hall–Kier alpha value is -2.94. The van der Waals surface area contributed by atoms with E-state index in [1.807, 2.05) is 13.8 Å². The Morgan fingerprint density at radius 1 is 0.914 bits per heavy atom. The van der Waals surface area contributed by atoms with E-state index in [0.717, 1.165) is 25.7 Å². The number of carboxylic acid groups (broad SMARTS) is 1. The minimum atomic E-state index is -1.30. The lowest BCUT2D eigenvalue weighted by Crippen LogP contribution is -2.38. The van der Waals surface area contributed by atoms with Crippen LogP contribution >= 0.6 is 0 Å². The van der Waals surface area contributed by atoms with Crippen molar-refractivity contribution in [2.75, 3.05) is 0 Å². The van der Waals surface area contributed by atoms with Gasteiger partial charge in [0.25, 0.3) is 0 Å². The highest BCUT2D eigenvalue weighted by Crippen LogP contribution is 2.35. The number of benzene rings is 1. The van der Waals surface area contributed by atoms with Crippen molar-refractivity contribution in [2.45, 2.75) is 104 Å². The molecule has 0 aliphatic carbocycles. The monoisotopic (exact) mass is 493 g/mol. The van der Waals surface area contributed by atoms with E-state index in [0.29, 0.717) is 18.4 Å². The molecule has 1 aromatic carbocycles. The first-order valence-electron chi connectivity index (χ1n) is 12.3. The number of hydrogen-bond donors (Lipinski definition) is 2. The Morgan fingerprint density at radius 3 is 1.94 bits per heavy atom. The Labute approximate surface area is 207 Å². The molecular weight excluding hydrogens is 454 g/mol. The van der Waals surface area contributed by atoms with Gasteiger partial charge in [0.05, 0.1) is 6.10 Å². The van der Waals surface area contributed by atoms with Gasteiger partial charge in [-0.05, 0) is 43.9 Å². The minimum absolute atomic E-state index is 0.0237. The molecule has 0 bridgehead atoms. The fourth-order valence-electron chi connectivity index (χ4n) is 3.66. The normalized spacial score (nSPS) is 13.4. The Balaban J connectivity index is 3.26. The van der Waals surface area contributed by atoms with Crippen LogP contribution in [-0.4, -0.2) is 41.1 Å². The Kier molecular flexibility index (Phi) is 13.6. The van der Waals surface area contributed by atoms with Gasteiger partial charge >= 0.3 is 23.9 Å². The number of rotatable bonds is 16. The maximum absolute atomic E-state index is 12.4. The van der Waals surface area contributed by atoms with Gasteiger partial charge in [-0.25, -0.2) is 0 Å². The molecule has 0 radical (unpaired) electrons. The lowest BCUT2D eigenvalue weighted by Gasteiger charge is -2.25. The summed E-state index contributed by atoms with van der Waals surface area (Å²) in [5.41, 5.74) is 6.42. The number of carboxylic acids is 1. The number of hydrogen-bond acceptors (Lipinski definition) is 8. The van der Waals surface area contributed by atoms with E-state index in [9.17, 15) is 24.3 Å². The molecule has 0 amide bonds. The molecule has 0 aromatic heterocycles. The first-order valence-corrected chi connectivity index (χ1v) is 12.3. The molecule has 1 rings (SSSR count). The van der Waals surface area contributed by atoms with Crippen molar-refractivity contribution in [2.24, 2.45) is 5.73 Å². The van der Waals surface area contributed by atoms with Crippen molar-refractivity contribution in [3.8, 4) is 11.5 Å². The molecular formula is C26H39NO8. The molecule has 3 N–H and O–H groups in total. The molecule has 0 saturated heterocycles. The van der Waals surface area contributed by atoms with Crippen LogP contribution in [0.15, 0.2) is 18.2 Å². The number of aliphatic carboxylic acids is 1. The van der Waals surface area contributed by atoms with Crippen LogP contribution in [0.1, 0.15) is 97.0 Å². The molecule has 3 atom stereocenters. The van der Waals surface area contributed by atoms with E-state index in [-0.39, 0.29) is 30.8 Å². The summed E-state index contributed by atoms with van der Waals surface area (Å²) in [6, 6.07) is 3.22. The first-order chi connectivity index (χ1) is 16.6. The van der Waals surface area contributed by atoms with Crippen LogP contribution in [0.25, 0.3) is 0 Å². The number of nitrogens with two attached hydrogens (primary N) is 1. The average Bonchev–Trinajstić information content (AvgIpc) is 2.78. The van der Waals surface area contributed by atoms with E-state index in [1.54, 1.807) is 13.0 Å². The molecule has 0 aliphatic heterocycles. The van der Waals surface area contributed by atoms with E-state index in [4.69, 9.17) is 19.9 Å². The Bertz CT molecular complexity index is 854. The van der Waals surface area contributed by atoms with Crippen molar-refractivity contribution in [3.63, 3.8) is 0 Å². The highest BCUT2D eigenvalue weighted by molar-refractivity contribution is 5.77. The Morgan fingerprint density at radius 2 is 1.46 bits per heavy atom. The largest absolute Gasteiger partial charge is 0.480 e. The van der Waals surface area contributed by atoms with E-state index in [2.05, 4.69) is 0 Å². The zero-order valence-corrected chi connectivity index (χ0v) is 21.2. The summed E-state index contributed by atoms with van der Waals surface area (Å²) in [6.07, 6.45) is 4.97. The third-order valence-electron chi connectivity index (χ3n) is 5.48. The zero-order chi connectivity index (χ0) is 26.4. The maximum Gasteiger partial charge on any atom is 0.321 e. The van der Waals surface area contributed by atoms with Crippen molar-refractivity contribution in [1.82, 2.24) is 0 Å². The molecule has 9 heteroatoms. The number of ether oxygens (including phenoxy) is 3. The highest BCUT2D eigenvalue weighted by Gasteiger charge is 2.30. The van der Waals surface area contributed by atoms with Gasteiger partial charge in [-0.15, -0.1) is 0 Å². The lowest BCUT2D eigenvalue weighted by molar-refractivity contribution is -0.146. The van der Waals surface area contributed by atoms with Crippen molar-refractivity contribution in [1.29, 1.82) is 0 Å². The standard InChI is InChI=1S/C26H39NO8/c1-5-7-9-11-23(29)34-21-14-13-19(16-22(21)35-24(30)12-10-8-6-2)20(25(27)26(31)32)15-17(3)33-18(4)28/h13-14,16-17,20,25H,5-12,15,27H2,1-4H3,(H,31,32)/t17?,20?,25-/m0/s1. The minimum Gasteiger partial charge on any atom is -0.480 e. The summed E-state index contributed by atoms with van der Waals surface area (Å²) in [6.45, 7) is 6.96. The molecule has 0 saturated carbocycles. The number of unbranched alkanes of at least 4 members (excludes halogenated alkanes) is 4. The summed E-state index contributed by atoms with van der Waals surface area (Å²) < 4.78 is 16.2. The molecule has 0 spiro atoms. The number of carbonyl (C=O) groups excluding carboxylic acids is 3. The molecule has 196 valence electrons. The van der Waals surface area contributed by atoms with Gasteiger partial charge in [-0.3, -0.25) is 19.2 Å². The SMILES string of the molecule is CCCCCC(=O)Oc1ccc(C(CC(C)OC(C)=O)[C@H](N)C(=O)O)cc1OC(=O)CCCCC. The van der Waals surface area contributed by atoms with Crippen LogP contribution in [-0.2, 0) is 23.9 Å². The summed E-state index contributed by atoms with van der Waals surface area (Å²) in [4.78, 5) is 47.7. The zero-order valence-electron chi connectivity index (χ0n) is 21.2. The third kappa shape index (κ3) is 11.4. The topological polar surface area (TPSA) is 142 Å². The summed E-state index contributed by atoms with van der Waals surface area (Å²) in [5, 5.41) is 9.53. The number of carbonyl (C=O) groups is 4. The summed E-state index contributed by atoms with van der Waals surface area (Å²) in [5.74, 6) is -3.30. The van der Waals surface area contributed by atoms with Crippen LogP contribution in [0, 0.1) is 0 Å². The van der Waals surface area contributed by atoms with Gasteiger partial charge < -0.3 is 25.1 Å². The van der Waals surface area contributed by atoms with Gasteiger partial charge in [0.15, 0.2) is 11.5 Å². The second-order valence-corrected chi connectivity index (χ2v) is 8.69. The van der Waals surface area contributed by atoms with Gasteiger partial charge in [-0.1, -0.05) is 45.6 Å². The molecule has 9 nitrogen and oxygen atoms in total. The van der Waals surface area contributed by atoms with Crippen molar-refractivity contribution >= 4 is 23.9 Å². The predicted molar refractivity (Wildman–Crippen MR) is 130 cm³/mol. The lowest BCUT2D eigenvalue weighted by atomic mass is 9.87. The molecule has 0 heterocycles. The second-order valence-electron chi connectivity index (χ2n) is 8.69. The average molecular weight is 494 g/mol. The number of esters is 3. The summed E-state index contributed by atoms with van der Waals surface area (Å²) in [7, 11) is 0. The first kappa shape index (κ1) is 30.1. The van der Waals surface area contributed by atoms with Gasteiger partial charge in [0.2, 0.25) is 0 Å². The van der Waals surface area contributed by atoms with Crippen LogP contribution < -0.4 is 15.2 Å².